The lowest BCUT2D eigenvalue weighted by atomic mass is 9.98. The number of likely N-dealkylation sites (tertiary alicyclic amines) is 1. The van der Waals surface area contributed by atoms with Gasteiger partial charge in [0.15, 0.2) is 0 Å². The number of nitrogens with two attached hydrogens (primary N) is 1. The van der Waals surface area contributed by atoms with Crippen LogP contribution in [0.4, 0.5) is 0 Å². The third-order valence-electron chi connectivity index (χ3n) is 3.45. The molecule has 0 spiro atoms. The SMILES string of the molecule is NCC1CCCN(C(=O)C=Cc2ccc(Cl)cc2)C1. The summed E-state index contributed by atoms with van der Waals surface area (Å²) in [5.41, 5.74) is 6.65. The van der Waals surface area contributed by atoms with Gasteiger partial charge in [-0.3, -0.25) is 4.79 Å². The minimum atomic E-state index is 0.0631. The van der Waals surface area contributed by atoms with Crippen LogP contribution in [-0.2, 0) is 4.79 Å². The number of hydrogen-bond donors (Lipinski definition) is 1. The van der Waals surface area contributed by atoms with Gasteiger partial charge in [-0.15, -0.1) is 0 Å². The van der Waals surface area contributed by atoms with Crippen molar-refractivity contribution in [2.45, 2.75) is 12.8 Å². The Bertz CT molecular complexity index is 456. The maximum absolute atomic E-state index is 12.1. The number of hydrogen-bond acceptors (Lipinski definition) is 2. The molecule has 1 aromatic carbocycles. The number of carbonyl (C=O) groups is 1. The van der Waals surface area contributed by atoms with E-state index in [1.807, 2.05) is 35.2 Å². The Balaban J connectivity index is 1.94. The van der Waals surface area contributed by atoms with Gasteiger partial charge in [-0.2, -0.15) is 0 Å². The van der Waals surface area contributed by atoms with Crippen molar-refractivity contribution in [3.63, 3.8) is 0 Å². The van der Waals surface area contributed by atoms with Gasteiger partial charge in [-0.05, 0) is 49.1 Å². The molecule has 1 aliphatic heterocycles. The van der Waals surface area contributed by atoms with E-state index in [-0.39, 0.29) is 5.91 Å². The Labute approximate surface area is 119 Å². The summed E-state index contributed by atoms with van der Waals surface area (Å²) in [5.74, 6) is 0.509. The van der Waals surface area contributed by atoms with Gasteiger partial charge in [0.1, 0.15) is 0 Å². The standard InChI is InChI=1S/C15H19ClN2O/c16-14-6-3-12(4-7-14)5-8-15(19)18-9-1-2-13(10-17)11-18/h3-8,13H,1-2,9-11,17H2. The molecule has 19 heavy (non-hydrogen) atoms. The second-order valence-electron chi connectivity index (χ2n) is 4.91. The number of amides is 1. The topological polar surface area (TPSA) is 46.3 Å². The largest absolute Gasteiger partial charge is 0.339 e. The highest BCUT2D eigenvalue weighted by molar-refractivity contribution is 6.30. The first-order valence-corrected chi connectivity index (χ1v) is 6.99. The molecule has 1 atom stereocenters. The number of carbonyl (C=O) groups excluding carboxylic acids is 1. The van der Waals surface area contributed by atoms with Crippen molar-refractivity contribution in [2.75, 3.05) is 19.6 Å². The second-order valence-corrected chi connectivity index (χ2v) is 5.35. The average Bonchev–Trinajstić information content (AvgIpc) is 2.46. The molecule has 1 aromatic rings. The van der Waals surface area contributed by atoms with Crippen molar-refractivity contribution in [2.24, 2.45) is 11.7 Å². The maximum atomic E-state index is 12.1. The summed E-state index contributed by atoms with van der Waals surface area (Å²) < 4.78 is 0. The quantitative estimate of drug-likeness (QED) is 0.864. The van der Waals surface area contributed by atoms with Crippen LogP contribution >= 0.6 is 11.6 Å². The fourth-order valence-electron chi connectivity index (χ4n) is 2.30. The normalized spacial score (nSPS) is 19.9. The molecule has 0 bridgehead atoms. The van der Waals surface area contributed by atoms with Gasteiger partial charge < -0.3 is 10.6 Å². The summed E-state index contributed by atoms with van der Waals surface area (Å²) in [5, 5.41) is 0.699. The zero-order chi connectivity index (χ0) is 13.7. The molecule has 3 nitrogen and oxygen atoms in total. The van der Waals surface area contributed by atoms with E-state index in [0.29, 0.717) is 17.5 Å². The van der Waals surface area contributed by atoms with Gasteiger partial charge in [0.25, 0.3) is 0 Å². The summed E-state index contributed by atoms with van der Waals surface area (Å²) in [4.78, 5) is 14.0. The summed E-state index contributed by atoms with van der Waals surface area (Å²) >= 11 is 5.82. The van der Waals surface area contributed by atoms with E-state index in [4.69, 9.17) is 17.3 Å². The minimum absolute atomic E-state index is 0.0631. The average molecular weight is 279 g/mol. The van der Waals surface area contributed by atoms with Gasteiger partial charge in [0.05, 0.1) is 0 Å². The number of rotatable bonds is 3. The number of nitrogens with zero attached hydrogens (tertiary/aromatic N) is 1. The van der Waals surface area contributed by atoms with Crippen LogP contribution < -0.4 is 5.73 Å². The fourth-order valence-corrected chi connectivity index (χ4v) is 2.43. The van der Waals surface area contributed by atoms with E-state index >= 15 is 0 Å². The molecule has 0 saturated carbocycles. The first kappa shape index (κ1) is 14.1. The highest BCUT2D eigenvalue weighted by atomic mass is 35.5. The fraction of sp³-hybridized carbons (Fsp3) is 0.400. The predicted molar refractivity (Wildman–Crippen MR) is 78.8 cm³/mol. The lowest BCUT2D eigenvalue weighted by molar-refractivity contribution is -0.127. The van der Waals surface area contributed by atoms with Crippen LogP contribution in [0, 0.1) is 5.92 Å². The summed E-state index contributed by atoms with van der Waals surface area (Å²) in [7, 11) is 0. The third kappa shape index (κ3) is 4.08. The van der Waals surface area contributed by atoms with E-state index in [9.17, 15) is 4.79 Å². The Morgan fingerprint density at radius 2 is 2.16 bits per heavy atom. The van der Waals surface area contributed by atoms with Crippen molar-refractivity contribution < 1.29 is 4.79 Å². The Kier molecular flexibility index (Phi) is 5.00. The van der Waals surface area contributed by atoms with Crippen molar-refractivity contribution in [1.82, 2.24) is 4.90 Å². The van der Waals surface area contributed by atoms with Crippen LogP contribution in [0.15, 0.2) is 30.3 Å². The molecular formula is C15H19ClN2O. The molecule has 0 radical (unpaired) electrons. The molecule has 2 N–H and O–H groups in total. The number of halogens is 1. The smallest absolute Gasteiger partial charge is 0.246 e. The van der Waals surface area contributed by atoms with Crippen molar-refractivity contribution in [1.29, 1.82) is 0 Å². The van der Waals surface area contributed by atoms with E-state index < -0.39 is 0 Å². The highest BCUT2D eigenvalue weighted by Gasteiger charge is 2.20. The molecular weight excluding hydrogens is 260 g/mol. The van der Waals surface area contributed by atoms with E-state index in [1.165, 1.54) is 0 Å². The lowest BCUT2D eigenvalue weighted by Crippen LogP contribution is -2.41. The minimum Gasteiger partial charge on any atom is -0.339 e. The van der Waals surface area contributed by atoms with Gasteiger partial charge in [-0.1, -0.05) is 23.7 Å². The Hall–Kier alpha value is -1.32. The van der Waals surface area contributed by atoms with Crippen LogP contribution in [-0.4, -0.2) is 30.4 Å². The second kappa shape index (κ2) is 6.73. The van der Waals surface area contributed by atoms with Gasteiger partial charge in [-0.25, -0.2) is 0 Å². The summed E-state index contributed by atoms with van der Waals surface area (Å²) in [6, 6.07) is 7.42. The number of benzene rings is 1. The first-order valence-electron chi connectivity index (χ1n) is 6.61. The van der Waals surface area contributed by atoms with Crippen LogP contribution in [0.2, 0.25) is 5.02 Å². The van der Waals surface area contributed by atoms with Crippen molar-refractivity contribution in [3.05, 3.63) is 40.9 Å². The van der Waals surface area contributed by atoms with Crippen LogP contribution in [0.3, 0.4) is 0 Å². The van der Waals surface area contributed by atoms with Crippen LogP contribution in [0.1, 0.15) is 18.4 Å². The molecule has 1 heterocycles. The van der Waals surface area contributed by atoms with Gasteiger partial charge in [0, 0.05) is 24.2 Å². The van der Waals surface area contributed by atoms with E-state index in [0.717, 1.165) is 31.5 Å². The molecule has 0 aromatic heterocycles. The summed E-state index contributed by atoms with van der Waals surface area (Å²) in [6.45, 7) is 2.27. The maximum Gasteiger partial charge on any atom is 0.246 e. The molecule has 4 heteroatoms. The summed E-state index contributed by atoms with van der Waals surface area (Å²) in [6.07, 6.45) is 5.62. The van der Waals surface area contributed by atoms with Crippen LogP contribution in [0.25, 0.3) is 6.08 Å². The molecule has 102 valence electrons. The zero-order valence-corrected chi connectivity index (χ0v) is 11.6. The molecule has 1 unspecified atom stereocenters. The van der Waals surface area contributed by atoms with Crippen LogP contribution in [0.5, 0.6) is 0 Å². The molecule has 2 rings (SSSR count). The monoisotopic (exact) mass is 278 g/mol. The van der Waals surface area contributed by atoms with Gasteiger partial charge in [0.2, 0.25) is 5.91 Å². The van der Waals surface area contributed by atoms with Gasteiger partial charge >= 0.3 is 0 Å². The van der Waals surface area contributed by atoms with E-state index in [1.54, 1.807) is 6.08 Å². The molecule has 1 aliphatic rings. The molecule has 1 amide bonds. The number of piperidine rings is 1. The zero-order valence-electron chi connectivity index (χ0n) is 10.9. The molecule has 1 fully saturated rings. The van der Waals surface area contributed by atoms with Crippen molar-refractivity contribution >= 4 is 23.6 Å². The lowest BCUT2D eigenvalue weighted by Gasteiger charge is -2.31. The Morgan fingerprint density at radius 1 is 1.42 bits per heavy atom. The highest BCUT2D eigenvalue weighted by Crippen LogP contribution is 2.16. The first-order chi connectivity index (χ1) is 9.19. The predicted octanol–water partition coefficient (Wildman–Crippen LogP) is 2.55. The Morgan fingerprint density at radius 3 is 2.84 bits per heavy atom. The molecule has 1 saturated heterocycles. The van der Waals surface area contributed by atoms with E-state index in [2.05, 4.69) is 0 Å². The van der Waals surface area contributed by atoms with Crippen molar-refractivity contribution in [3.8, 4) is 0 Å². The third-order valence-corrected chi connectivity index (χ3v) is 3.70. The molecule has 0 aliphatic carbocycles.